The van der Waals surface area contributed by atoms with Crippen LogP contribution in [-0.2, 0) is 6.42 Å². The van der Waals surface area contributed by atoms with Crippen molar-refractivity contribution in [1.82, 2.24) is 9.97 Å². The van der Waals surface area contributed by atoms with Gasteiger partial charge in [-0.15, -0.1) is 22.7 Å². The lowest BCUT2D eigenvalue weighted by molar-refractivity contribution is 1.14. The zero-order valence-electron chi connectivity index (χ0n) is 18.8. The number of thiophene rings is 2. The number of hydrogen-bond acceptors (Lipinski definition) is 4. The second-order valence-electron chi connectivity index (χ2n) is 10.3. The molecule has 0 aliphatic carbocycles. The lowest BCUT2D eigenvalue weighted by Gasteiger charge is -2.12. The summed E-state index contributed by atoms with van der Waals surface area (Å²) in [6.07, 6.45) is 1.02. The van der Waals surface area contributed by atoms with Crippen LogP contribution in [0, 0.1) is 0 Å². The Morgan fingerprint density at radius 3 is 1.67 bits per heavy atom. The molecule has 2 nitrogen and oxygen atoms in total. The van der Waals surface area contributed by atoms with E-state index in [1.54, 1.807) is 9.00 Å². The highest BCUT2D eigenvalue weighted by Crippen LogP contribution is 2.40. The van der Waals surface area contributed by atoms with Gasteiger partial charge in [-0.25, -0.2) is 9.97 Å². The van der Waals surface area contributed by atoms with Crippen LogP contribution in [0.2, 0.25) is 39.3 Å². The Balaban J connectivity index is 1.99. The van der Waals surface area contributed by atoms with Crippen LogP contribution >= 0.6 is 22.7 Å². The van der Waals surface area contributed by atoms with Crippen molar-refractivity contribution in [2.45, 2.75) is 52.6 Å². The maximum absolute atomic E-state index is 5.21. The number of rotatable bonds is 3. The molecule has 0 saturated carbocycles. The first-order valence-corrected chi connectivity index (χ1v) is 19.3. The molecule has 154 valence electrons. The molecule has 3 aromatic heterocycles. The van der Waals surface area contributed by atoms with Gasteiger partial charge in [0.15, 0.2) is 0 Å². The van der Waals surface area contributed by atoms with E-state index in [4.69, 9.17) is 9.97 Å². The molecule has 0 unspecified atom stereocenters. The molecule has 0 spiro atoms. The van der Waals surface area contributed by atoms with Crippen LogP contribution in [0.4, 0.5) is 0 Å². The highest BCUT2D eigenvalue weighted by atomic mass is 32.1. The molecule has 0 atom stereocenters. The van der Waals surface area contributed by atoms with Crippen LogP contribution in [0.3, 0.4) is 0 Å². The molecular weight excluding hydrogens is 437 g/mol. The van der Waals surface area contributed by atoms with E-state index in [2.05, 4.69) is 76.5 Å². The molecule has 2 aromatic carbocycles. The maximum atomic E-state index is 5.21. The number of aryl methyl sites for hydroxylation is 1. The van der Waals surface area contributed by atoms with Crippen molar-refractivity contribution in [2.75, 3.05) is 0 Å². The fourth-order valence-corrected chi connectivity index (χ4v) is 10.1. The molecule has 0 aliphatic heterocycles. The molecule has 0 fully saturated rings. The largest absolute Gasteiger partial charge is 0.244 e. The van der Waals surface area contributed by atoms with E-state index in [1.807, 2.05) is 22.7 Å². The molecule has 5 aromatic rings. The number of aromatic nitrogens is 2. The van der Waals surface area contributed by atoms with Crippen molar-refractivity contribution in [3.05, 3.63) is 35.9 Å². The number of hydrogen-bond donors (Lipinski definition) is 0. The van der Waals surface area contributed by atoms with Gasteiger partial charge in [0.1, 0.15) is 0 Å². The molecule has 0 saturated heterocycles. The summed E-state index contributed by atoms with van der Waals surface area (Å²) >= 11 is 4.01. The number of benzene rings is 2. The predicted octanol–water partition coefficient (Wildman–Crippen LogP) is 6.87. The molecule has 0 radical (unpaired) electrons. The van der Waals surface area contributed by atoms with Gasteiger partial charge >= 0.3 is 0 Å². The normalized spacial score (nSPS) is 13.3. The SMILES string of the molecule is CCc1ccc2nc3c4cc([Si](C)(C)C)sc4c4sc([Si](C)(C)C)cc4c3nc2c1. The third kappa shape index (κ3) is 3.16. The molecule has 3 heterocycles. The zero-order chi connectivity index (χ0) is 21.4. The summed E-state index contributed by atoms with van der Waals surface area (Å²) < 4.78 is 5.95. The number of nitrogens with zero attached hydrogens (tertiary/aromatic N) is 2. The van der Waals surface area contributed by atoms with E-state index in [0.29, 0.717) is 0 Å². The molecular formula is C24H28N2S2Si2. The summed E-state index contributed by atoms with van der Waals surface area (Å²) in [5.41, 5.74) is 5.50. The van der Waals surface area contributed by atoms with Gasteiger partial charge in [0.25, 0.3) is 0 Å². The Bertz CT molecular complexity index is 1450. The van der Waals surface area contributed by atoms with Gasteiger partial charge in [0.2, 0.25) is 0 Å². The first-order chi connectivity index (χ1) is 14.1. The van der Waals surface area contributed by atoms with E-state index in [0.717, 1.165) is 28.5 Å². The van der Waals surface area contributed by atoms with Crippen LogP contribution in [0.5, 0.6) is 0 Å². The summed E-state index contributed by atoms with van der Waals surface area (Å²) in [5.74, 6) is 0. The van der Waals surface area contributed by atoms with Gasteiger partial charge in [-0.2, -0.15) is 0 Å². The van der Waals surface area contributed by atoms with E-state index in [1.165, 1.54) is 25.7 Å². The highest BCUT2D eigenvalue weighted by Gasteiger charge is 2.26. The Kier molecular flexibility index (Phi) is 4.53. The summed E-state index contributed by atoms with van der Waals surface area (Å²) in [5, 5.41) is 2.61. The summed E-state index contributed by atoms with van der Waals surface area (Å²) in [4.78, 5) is 10.4. The van der Waals surface area contributed by atoms with Gasteiger partial charge < -0.3 is 0 Å². The molecule has 0 amide bonds. The van der Waals surface area contributed by atoms with Gasteiger partial charge in [-0.3, -0.25) is 0 Å². The fourth-order valence-electron chi connectivity index (χ4n) is 3.91. The van der Waals surface area contributed by atoms with Crippen LogP contribution < -0.4 is 9.00 Å². The third-order valence-corrected chi connectivity index (χ3v) is 15.4. The van der Waals surface area contributed by atoms with Crippen molar-refractivity contribution in [2.24, 2.45) is 0 Å². The highest BCUT2D eigenvalue weighted by molar-refractivity contribution is 7.37. The van der Waals surface area contributed by atoms with E-state index in [-0.39, 0.29) is 0 Å². The first-order valence-electron chi connectivity index (χ1n) is 10.7. The van der Waals surface area contributed by atoms with E-state index >= 15 is 0 Å². The first kappa shape index (κ1) is 20.3. The minimum Gasteiger partial charge on any atom is -0.244 e. The average molecular weight is 465 g/mol. The molecule has 0 bridgehead atoms. The third-order valence-electron chi connectivity index (χ3n) is 5.80. The van der Waals surface area contributed by atoms with Crippen molar-refractivity contribution in [3.63, 3.8) is 0 Å². The monoisotopic (exact) mass is 464 g/mol. The number of fused-ring (bicyclic) bond motifs is 7. The van der Waals surface area contributed by atoms with Crippen LogP contribution in [-0.4, -0.2) is 26.1 Å². The average Bonchev–Trinajstić information content (AvgIpc) is 3.30. The Morgan fingerprint density at radius 1 is 0.700 bits per heavy atom. The van der Waals surface area contributed by atoms with E-state index in [9.17, 15) is 0 Å². The van der Waals surface area contributed by atoms with Gasteiger partial charge in [-0.1, -0.05) is 52.3 Å². The minimum absolute atomic E-state index is 1.00. The van der Waals surface area contributed by atoms with Crippen LogP contribution in [0.25, 0.3) is 42.2 Å². The lowest BCUT2D eigenvalue weighted by Crippen LogP contribution is -2.34. The Morgan fingerprint density at radius 2 is 1.20 bits per heavy atom. The smallest absolute Gasteiger partial charge is 0.0988 e. The van der Waals surface area contributed by atoms with Gasteiger partial charge in [0.05, 0.1) is 47.6 Å². The lowest BCUT2D eigenvalue weighted by atomic mass is 10.1. The minimum atomic E-state index is -1.41. The molecule has 0 aliphatic rings. The maximum Gasteiger partial charge on any atom is 0.0988 e. The Hall–Kier alpha value is -1.61. The summed E-state index contributed by atoms with van der Waals surface area (Å²) in [6.45, 7) is 16.8. The van der Waals surface area contributed by atoms with Crippen molar-refractivity contribution >= 4 is 90.1 Å². The quantitative estimate of drug-likeness (QED) is 0.215. The zero-order valence-corrected chi connectivity index (χ0v) is 22.4. The van der Waals surface area contributed by atoms with Crippen molar-refractivity contribution in [1.29, 1.82) is 0 Å². The van der Waals surface area contributed by atoms with Crippen LogP contribution in [0.15, 0.2) is 30.3 Å². The van der Waals surface area contributed by atoms with Crippen molar-refractivity contribution in [3.8, 4) is 0 Å². The summed E-state index contributed by atoms with van der Waals surface area (Å²) in [7, 11) is -2.81. The molecule has 0 N–H and O–H groups in total. The topological polar surface area (TPSA) is 25.8 Å². The molecule has 30 heavy (non-hydrogen) atoms. The van der Waals surface area contributed by atoms with Gasteiger partial charge in [-0.05, 0) is 45.3 Å². The second-order valence-corrected chi connectivity index (χ2v) is 23.2. The van der Waals surface area contributed by atoms with Gasteiger partial charge in [0, 0.05) is 10.8 Å². The van der Waals surface area contributed by atoms with Crippen LogP contribution in [0.1, 0.15) is 12.5 Å². The Labute approximate surface area is 188 Å². The second kappa shape index (κ2) is 6.69. The predicted molar refractivity (Wildman–Crippen MR) is 143 cm³/mol. The fraction of sp³-hybridized carbons (Fsp3) is 0.333. The molecule has 5 rings (SSSR count). The van der Waals surface area contributed by atoms with E-state index < -0.39 is 16.1 Å². The molecule has 6 heteroatoms. The van der Waals surface area contributed by atoms with Crippen molar-refractivity contribution < 1.29 is 0 Å². The summed E-state index contributed by atoms with van der Waals surface area (Å²) in [6, 6.07) is 11.4. The standard InChI is InChI=1S/C24H28N2S2Si2/c1-8-14-9-10-17-18(11-14)26-22-16-13-20(30(5,6)7)28-24(16)23-15(21(22)25-17)12-19(27-23)29(2,3)4/h9-13H,8H2,1-7H3.